The fourth-order valence-corrected chi connectivity index (χ4v) is 2.47. The third kappa shape index (κ3) is 2.76. The van der Waals surface area contributed by atoms with Crippen molar-refractivity contribution in [2.45, 2.75) is 38.5 Å². The highest BCUT2D eigenvalue weighted by Crippen LogP contribution is 2.22. The lowest BCUT2D eigenvalue weighted by atomic mass is 10.2. The molecule has 0 radical (unpaired) electrons. The van der Waals surface area contributed by atoms with Gasteiger partial charge in [-0.2, -0.15) is 0 Å². The van der Waals surface area contributed by atoms with Gasteiger partial charge in [-0.1, -0.05) is 11.8 Å². The summed E-state index contributed by atoms with van der Waals surface area (Å²) < 4.78 is 1.91. The van der Waals surface area contributed by atoms with Gasteiger partial charge in [-0.15, -0.1) is 10.2 Å². The first-order valence-electron chi connectivity index (χ1n) is 5.41. The van der Waals surface area contributed by atoms with Crippen LogP contribution in [0.5, 0.6) is 0 Å². The first kappa shape index (κ1) is 12.3. The molecule has 0 aliphatic carbocycles. The van der Waals surface area contributed by atoms with Crippen molar-refractivity contribution in [3.8, 4) is 0 Å². The van der Waals surface area contributed by atoms with Crippen LogP contribution in [0.3, 0.4) is 0 Å². The number of nitrogens with zero attached hydrogens (tertiary/aromatic N) is 4. The molecule has 0 aliphatic heterocycles. The second kappa shape index (κ2) is 4.27. The standard InChI is InChI=1S/C11H16N4OS/c1-7-5-9-13-14-10(15(9)8(2)12-7)17-6-11(3,4)16/h5,16H,6H2,1-4H3. The third-order valence-corrected chi connectivity index (χ3v) is 3.59. The summed E-state index contributed by atoms with van der Waals surface area (Å²) in [5, 5.41) is 18.7. The van der Waals surface area contributed by atoms with E-state index in [0.717, 1.165) is 22.3 Å². The topological polar surface area (TPSA) is 63.3 Å². The Morgan fingerprint density at radius 3 is 2.71 bits per heavy atom. The molecule has 2 rings (SSSR count). The summed E-state index contributed by atoms with van der Waals surface area (Å²) in [6, 6.07) is 1.90. The van der Waals surface area contributed by atoms with Gasteiger partial charge in [0.25, 0.3) is 0 Å². The molecular weight excluding hydrogens is 236 g/mol. The Morgan fingerprint density at radius 1 is 1.35 bits per heavy atom. The van der Waals surface area contributed by atoms with Crippen molar-refractivity contribution in [2.24, 2.45) is 0 Å². The molecule has 0 amide bonds. The molecule has 0 bridgehead atoms. The monoisotopic (exact) mass is 252 g/mol. The van der Waals surface area contributed by atoms with Crippen LogP contribution in [0.2, 0.25) is 0 Å². The molecule has 6 heteroatoms. The molecule has 92 valence electrons. The van der Waals surface area contributed by atoms with E-state index in [1.165, 1.54) is 11.8 Å². The summed E-state index contributed by atoms with van der Waals surface area (Å²) >= 11 is 1.48. The van der Waals surface area contributed by atoms with Gasteiger partial charge in [0.05, 0.1) is 5.60 Å². The van der Waals surface area contributed by atoms with Gasteiger partial charge in [0.2, 0.25) is 0 Å². The Bertz CT molecular complexity index is 544. The first-order chi connectivity index (χ1) is 7.87. The highest BCUT2D eigenvalue weighted by molar-refractivity contribution is 7.99. The summed E-state index contributed by atoms with van der Waals surface area (Å²) in [5.74, 6) is 1.43. The molecule has 0 unspecified atom stereocenters. The number of aliphatic hydroxyl groups is 1. The van der Waals surface area contributed by atoms with Gasteiger partial charge in [-0.05, 0) is 27.7 Å². The van der Waals surface area contributed by atoms with Crippen molar-refractivity contribution >= 4 is 17.4 Å². The van der Waals surface area contributed by atoms with E-state index in [0.29, 0.717) is 5.75 Å². The predicted octanol–water partition coefficient (Wildman–Crippen LogP) is 1.60. The molecule has 1 N–H and O–H groups in total. The summed E-state index contributed by atoms with van der Waals surface area (Å²) in [6.45, 7) is 7.42. The van der Waals surface area contributed by atoms with Crippen molar-refractivity contribution in [1.82, 2.24) is 19.6 Å². The van der Waals surface area contributed by atoms with Crippen LogP contribution in [0, 0.1) is 13.8 Å². The molecule has 0 saturated heterocycles. The Morgan fingerprint density at radius 2 is 2.06 bits per heavy atom. The van der Waals surface area contributed by atoms with Crippen molar-refractivity contribution in [2.75, 3.05) is 5.75 Å². The van der Waals surface area contributed by atoms with Crippen LogP contribution >= 0.6 is 11.8 Å². The zero-order valence-electron chi connectivity index (χ0n) is 10.4. The lowest BCUT2D eigenvalue weighted by molar-refractivity contribution is 0.107. The molecular formula is C11H16N4OS. The molecule has 2 aromatic heterocycles. The van der Waals surface area contributed by atoms with Crippen LogP contribution in [-0.2, 0) is 0 Å². The Hall–Kier alpha value is -1.14. The van der Waals surface area contributed by atoms with Crippen LogP contribution in [-0.4, -0.2) is 36.0 Å². The van der Waals surface area contributed by atoms with Crippen molar-refractivity contribution < 1.29 is 5.11 Å². The van der Waals surface area contributed by atoms with Gasteiger partial charge in [-0.25, -0.2) is 4.98 Å². The molecule has 0 fully saturated rings. The highest BCUT2D eigenvalue weighted by Gasteiger charge is 2.16. The van der Waals surface area contributed by atoms with Crippen LogP contribution in [0.4, 0.5) is 0 Å². The molecule has 2 aromatic rings. The molecule has 2 heterocycles. The van der Waals surface area contributed by atoms with Gasteiger partial charge in [-0.3, -0.25) is 4.40 Å². The van der Waals surface area contributed by atoms with E-state index in [9.17, 15) is 5.11 Å². The molecule has 0 spiro atoms. The number of rotatable bonds is 3. The zero-order valence-corrected chi connectivity index (χ0v) is 11.2. The number of hydrogen-bond donors (Lipinski definition) is 1. The molecule has 0 aliphatic rings. The number of fused-ring (bicyclic) bond motifs is 1. The maximum Gasteiger partial charge on any atom is 0.197 e. The van der Waals surface area contributed by atoms with Gasteiger partial charge >= 0.3 is 0 Å². The smallest absolute Gasteiger partial charge is 0.197 e. The SMILES string of the molecule is Cc1cc2nnc(SCC(C)(C)O)n2c(C)n1. The van der Waals surface area contributed by atoms with E-state index < -0.39 is 5.60 Å². The number of aromatic nitrogens is 4. The molecule has 17 heavy (non-hydrogen) atoms. The number of hydrogen-bond acceptors (Lipinski definition) is 5. The normalized spacial score (nSPS) is 12.3. The van der Waals surface area contributed by atoms with E-state index >= 15 is 0 Å². The van der Waals surface area contributed by atoms with Crippen LogP contribution < -0.4 is 0 Å². The fourth-order valence-electron chi connectivity index (χ4n) is 1.54. The Balaban J connectivity index is 2.36. The number of aryl methyl sites for hydroxylation is 2. The van der Waals surface area contributed by atoms with E-state index in [-0.39, 0.29) is 0 Å². The van der Waals surface area contributed by atoms with E-state index in [4.69, 9.17) is 0 Å². The minimum Gasteiger partial charge on any atom is -0.390 e. The summed E-state index contributed by atoms with van der Waals surface area (Å²) in [6.07, 6.45) is 0. The number of thioether (sulfide) groups is 1. The molecule has 0 saturated carbocycles. The van der Waals surface area contributed by atoms with E-state index in [1.807, 2.05) is 24.3 Å². The van der Waals surface area contributed by atoms with Crippen LogP contribution in [0.15, 0.2) is 11.2 Å². The summed E-state index contributed by atoms with van der Waals surface area (Å²) in [7, 11) is 0. The average Bonchev–Trinajstić information content (AvgIpc) is 2.56. The lowest BCUT2D eigenvalue weighted by Gasteiger charge is -2.15. The minimum absolute atomic E-state index is 0.571. The maximum absolute atomic E-state index is 9.71. The highest BCUT2D eigenvalue weighted by atomic mass is 32.2. The Kier molecular flexibility index (Phi) is 3.09. The second-order valence-corrected chi connectivity index (χ2v) is 5.66. The molecule has 5 nitrogen and oxygen atoms in total. The largest absolute Gasteiger partial charge is 0.390 e. The summed E-state index contributed by atoms with van der Waals surface area (Å²) in [5.41, 5.74) is 1.01. The minimum atomic E-state index is -0.720. The Labute approximate surface area is 104 Å². The zero-order chi connectivity index (χ0) is 12.6. The summed E-state index contributed by atoms with van der Waals surface area (Å²) in [4.78, 5) is 4.39. The van der Waals surface area contributed by atoms with E-state index in [2.05, 4.69) is 15.2 Å². The van der Waals surface area contributed by atoms with Crippen LogP contribution in [0.25, 0.3) is 5.65 Å². The van der Waals surface area contributed by atoms with Gasteiger partial charge in [0, 0.05) is 17.5 Å². The van der Waals surface area contributed by atoms with Crippen molar-refractivity contribution in [3.63, 3.8) is 0 Å². The third-order valence-electron chi connectivity index (χ3n) is 2.21. The first-order valence-corrected chi connectivity index (χ1v) is 6.40. The predicted molar refractivity (Wildman–Crippen MR) is 67.3 cm³/mol. The molecule has 0 aromatic carbocycles. The molecule has 0 atom stereocenters. The van der Waals surface area contributed by atoms with Crippen molar-refractivity contribution in [3.05, 3.63) is 17.6 Å². The van der Waals surface area contributed by atoms with Gasteiger partial charge in [0.1, 0.15) is 5.82 Å². The quantitative estimate of drug-likeness (QED) is 0.841. The average molecular weight is 252 g/mol. The fraction of sp³-hybridized carbons (Fsp3) is 0.545. The van der Waals surface area contributed by atoms with Crippen LogP contribution in [0.1, 0.15) is 25.4 Å². The lowest BCUT2D eigenvalue weighted by Crippen LogP contribution is -2.21. The van der Waals surface area contributed by atoms with E-state index in [1.54, 1.807) is 13.8 Å². The van der Waals surface area contributed by atoms with Gasteiger partial charge in [0.15, 0.2) is 10.8 Å². The maximum atomic E-state index is 9.71. The van der Waals surface area contributed by atoms with Gasteiger partial charge < -0.3 is 5.11 Å². The van der Waals surface area contributed by atoms with Crippen molar-refractivity contribution in [1.29, 1.82) is 0 Å². The second-order valence-electron chi connectivity index (χ2n) is 4.72.